The summed E-state index contributed by atoms with van der Waals surface area (Å²) in [5.41, 5.74) is -2.68. The number of ether oxygens (including phenoxy) is 1. The van der Waals surface area contributed by atoms with Crippen LogP contribution in [-0.2, 0) is 4.74 Å². The van der Waals surface area contributed by atoms with Gasteiger partial charge in [0.1, 0.15) is 5.60 Å². The van der Waals surface area contributed by atoms with E-state index in [2.05, 4.69) is 0 Å². The van der Waals surface area contributed by atoms with Crippen LogP contribution in [0.5, 0.6) is 0 Å². The second-order valence-electron chi connectivity index (χ2n) is 5.73. The van der Waals surface area contributed by atoms with Crippen LogP contribution in [-0.4, -0.2) is 36.8 Å². The number of carboxylic acid groups (broad SMARTS) is 1. The van der Waals surface area contributed by atoms with E-state index in [9.17, 15) is 22.5 Å². The molecule has 0 saturated heterocycles. The molecule has 1 N–H and O–H groups in total. The number of amides is 1. The second kappa shape index (κ2) is 5.90. The molecule has 1 rings (SSSR count). The van der Waals surface area contributed by atoms with Gasteiger partial charge in [0.15, 0.2) is 0 Å². The molecule has 0 heterocycles. The summed E-state index contributed by atoms with van der Waals surface area (Å²) in [7, 11) is 1.21. The fourth-order valence-corrected chi connectivity index (χ4v) is 1.58. The van der Waals surface area contributed by atoms with Crippen LogP contribution in [0.1, 0.15) is 31.1 Å². The highest BCUT2D eigenvalue weighted by Gasteiger charge is 2.29. The van der Waals surface area contributed by atoms with Crippen molar-refractivity contribution in [3.63, 3.8) is 0 Å². The van der Waals surface area contributed by atoms with Gasteiger partial charge in [-0.05, 0) is 26.8 Å². The van der Waals surface area contributed by atoms with E-state index in [1.807, 2.05) is 0 Å². The molecule has 0 aromatic heterocycles. The summed E-state index contributed by atoms with van der Waals surface area (Å²) in [4.78, 5) is 23.7. The Morgan fingerprint density at radius 3 is 2.14 bits per heavy atom. The molecule has 1 aromatic carbocycles. The van der Waals surface area contributed by atoms with Crippen molar-refractivity contribution >= 4 is 30.2 Å². The van der Waals surface area contributed by atoms with Gasteiger partial charge in [0.05, 0.1) is 5.56 Å². The first-order valence-corrected chi connectivity index (χ1v) is 6.36. The molecule has 22 heavy (non-hydrogen) atoms. The standard InChI is InChI=1S/C13H16BF3NO4/c1-13(2,3)22-12(21)18(4)10-6-8(11(19)20)5-9(7-10)14(15,16)17/h5-7H,1-4H3,(H,19,20)/q-1. The summed E-state index contributed by atoms with van der Waals surface area (Å²) in [6, 6.07) is 2.24. The molecule has 0 saturated carbocycles. The molecule has 1 amide bonds. The lowest BCUT2D eigenvalue weighted by molar-refractivity contribution is 0.0587. The molecule has 5 nitrogen and oxygen atoms in total. The molecular weight excluding hydrogens is 302 g/mol. The van der Waals surface area contributed by atoms with Crippen LogP contribution in [0.3, 0.4) is 0 Å². The van der Waals surface area contributed by atoms with Gasteiger partial charge < -0.3 is 22.8 Å². The minimum Gasteiger partial charge on any atom is -0.478 e. The summed E-state index contributed by atoms with van der Waals surface area (Å²) >= 11 is 0. The van der Waals surface area contributed by atoms with E-state index in [1.54, 1.807) is 20.8 Å². The zero-order valence-electron chi connectivity index (χ0n) is 12.6. The fourth-order valence-electron chi connectivity index (χ4n) is 1.58. The van der Waals surface area contributed by atoms with Crippen LogP contribution in [0.2, 0.25) is 0 Å². The monoisotopic (exact) mass is 318 g/mol. The molecule has 0 radical (unpaired) electrons. The molecule has 0 unspecified atom stereocenters. The minimum absolute atomic E-state index is 0.205. The Bertz CT molecular complexity index is 596. The first-order chi connectivity index (χ1) is 9.81. The first kappa shape index (κ1) is 17.9. The predicted molar refractivity (Wildman–Crippen MR) is 76.8 cm³/mol. The van der Waals surface area contributed by atoms with Crippen molar-refractivity contribution in [1.82, 2.24) is 0 Å². The lowest BCUT2D eigenvalue weighted by atomic mass is 9.79. The van der Waals surface area contributed by atoms with E-state index >= 15 is 0 Å². The molecule has 0 atom stereocenters. The Morgan fingerprint density at radius 1 is 1.18 bits per heavy atom. The van der Waals surface area contributed by atoms with Gasteiger partial charge in [-0.25, -0.2) is 9.59 Å². The van der Waals surface area contributed by atoms with Crippen molar-refractivity contribution in [1.29, 1.82) is 0 Å². The maximum Gasteiger partial charge on any atom is 0.509 e. The summed E-state index contributed by atoms with van der Waals surface area (Å²) in [5, 5.41) is 8.91. The quantitative estimate of drug-likeness (QED) is 0.870. The van der Waals surface area contributed by atoms with E-state index < -0.39 is 35.7 Å². The Kier molecular flexibility index (Phi) is 4.79. The number of aromatic carboxylic acids is 1. The number of carbonyl (C=O) groups excluding carboxylic acids is 1. The van der Waals surface area contributed by atoms with Gasteiger partial charge in [0, 0.05) is 12.7 Å². The molecule has 122 valence electrons. The Hall–Kier alpha value is -2.19. The van der Waals surface area contributed by atoms with Crippen molar-refractivity contribution in [3.8, 4) is 0 Å². The number of carboxylic acids is 1. The average Bonchev–Trinajstić information content (AvgIpc) is 2.34. The highest BCUT2D eigenvalue weighted by Crippen LogP contribution is 2.20. The topological polar surface area (TPSA) is 66.8 Å². The van der Waals surface area contributed by atoms with Crippen molar-refractivity contribution in [2.45, 2.75) is 26.4 Å². The molecule has 0 spiro atoms. The van der Waals surface area contributed by atoms with Crippen LogP contribution in [0.4, 0.5) is 23.4 Å². The summed E-state index contributed by atoms with van der Waals surface area (Å²) < 4.78 is 43.7. The first-order valence-electron chi connectivity index (χ1n) is 6.36. The molecule has 0 fully saturated rings. The van der Waals surface area contributed by atoms with Crippen LogP contribution < -0.4 is 10.4 Å². The van der Waals surface area contributed by atoms with Gasteiger partial charge in [-0.1, -0.05) is 12.1 Å². The van der Waals surface area contributed by atoms with Crippen molar-refractivity contribution < 1.29 is 32.4 Å². The maximum atomic E-state index is 12.9. The van der Waals surface area contributed by atoms with E-state index in [4.69, 9.17) is 9.84 Å². The summed E-state index contributed by atoms with van der Waals surface area (Å²) in [5.74, 6) is -1.51. The number of benzene rings is 1. The van der Waals surface area contributed by atoms with Crippen molar-refractivity contribution in [2.24, 2.45) is 0 Å². The molecule has 0 aliphatic heterocycles. The third-order valence-corrected chi connectivity index (χ3v) is 2.62. The zero-order chi connectivity index (χ0) is 17.3. The van der Waals surface area contributed by atoms with Crippen molar-refractivity contribution in [2.75, 3.05) is 11.9 Å². The van der Waals surface area contributed by atoms with Crippen LogP contribution in [0.15, 0.2) is 18.2 Å². The lowest BCUT2D eigenvalue weighted by Gasteiger charge is -2.26. The smallest absolute Gasteiger partial charge is 0.478 e. The van der Waals surface area contributed by atoms with Crippen LogP contribution >= 0.6 is 0 Å². The Balaban J connectivity index is 3.26. The number of halogens is 3. The van der Waals surface area contributed by atoms with Crippen LogP contribution in [0, 0.1) is 0 Å². The maximum absolute atomic E-state index is 12.9. The third kappa shape index (κ3) is 4.68. The van der Waals surface area contributed by atoms with Gasteiger partial charge in [-0.2, -0.15) is 0 Å². The molecule has 0 aliphatic rings. The summed E-state index contributed by atoms with van der Waals surface area (Å²) in [6.07, 6.45) is -0.879. The van der Waals surface area contributed by atoms with E-state index in [0.29, 0.717) is 6.07 Å². The second-order valence-corrected chi connectivity index (χ2v) is 5.73. The predicted octanol–water partition coefficient (Wildman–Crippen LogP) is 2.81. The van der Waals surface area contributed by atoms with Gasteiger partial charge in [0.25, 0.3) is 0 Å². The highest BCUT2D eigenvalue weighted by atomic mass is 19.4. The summed E-state index contributed by atoms with van der Waals surface area (Å²) in [6.45, 7) is -0.572. The zero-order valence-corrected chi connectivity index (χ0v) is 12.6. The van der Waals surface area contributed by atoms with E-state index in [1.165, 1.54) is 7.05 Å². The highest BCUT2D eigenvalue weighted by molar-refractivity contribution is 6.73. The normalized spacial score (nSPS) is 12.0. The molecule has 9 heteroatoms. The molecule has 0 bridgehead atoms. The largest absolute Gasteiger partial charge is 0.509 e. The number of nitrogens with zero attached hydrogens (tertiary/aromatic N) is 1. The van der Waals surface area contributed by atoms with Crippen LogP contribution in [0.25, 0.3) is 0 Å². The lowest BCUT2D eigenvalue weighted by Crippen LogP contribution is -2.38. The molecular formula is C13H16BF3NO4-. The third-order valence-electron chi connectivity index (χ3n) is 2.62. The van der Waals surface area contributed by atoms with E-state index in [0.717, 1.165) is 17.0 Å². The number of anilines is 1. The van der Waals surface area contributed by atoms with Gasteiger partial charge in [-0.3, -0.25) is 4.90 Å². The van der Waals surface area contributed by atoms with Crippen molar-refractivity contribution in [3.05, 3.63) is 23.8 Å². The molecule has 1 aromatic rings. The van der Waals surface area contributed by atoms with E-state index in [-0.39, 0.29) is 5.69 Å². The number of carbonyl (C=O) groups is 2. The average molecular weight is 318 g/mol. The SMILES string of the molecule is CN(C(=O)OC(C)(C)C)c1cc(C(=O)O)cc([B-](F)(F)F)c1. The fraction of sp³-hybridized carbons (Fsp3) is 0.385. The van der Waals surface area contributed by atoms with Gasteiger partial charge in [-0.15, -0.1) is 5.46 Å². The minimum atomic E-state index is -5.40. The number of rotatable bonds is 3. The number of hydrogen-bond acceptors (Lipinski definition) is 3. The number of hydrogen-bond donors (Lipinski definition) is 1. The Morgan fingerprint density at radius 2 is 1.73 bits per heavy atom. The Labute approximate surface area is 125 Å². The van der Waals surface area contributed by atoms with Gasteiger partial charge in [0.2, 0.25) is 0 Å². The van der Waals surface area contributed by atoms with Gasteiger partial charge >= 0.3 is 19.0 Å². The molecule has 0 aliphatic carbocycles.